The Bertz CT molecular complexity index is 157. The first kappa shape index (κ1) is 8.27. The van der Waals surface area contributed by atoms with Crippen LogP contribution in [0.3, 0.4) is 0 Å². The Labute approximate surface area is 66.6 Å². The topological polar surface area (TPSA) is 55.1 Å². The van der Waals surface area contributed by atoms with Crippen LogP contribution in [-0.4, -0.2) is 18.5 Å². The fourth-order valence-electron chi connectivity index (χ4n) is 1.17. The summed E-state index contributed by atoms with van der Waals surface area (Å²) in [5.41, 5.74) is 5.23. The van der Waals surface area contributed by atoms with Crippen molar-refractivity contribution in [2.45, 2.75) is 25.3 Å². The molecule has 0 aromatic carbocycles. The standard InChI is InChI=1S/C8H14N2O/c9-6-5-8(11)10-7-3-1-2-4-7/h1-2,7H,3-6,9H2,(H,10,11). The van der Waals surface area contributed by atoms with Crippen LogP contribution < -0.4 is 11.1 Å². The van der Waals surface area contributed by atoms with Gasteiger partial charge in [0.2, 0.25) is 5.91 Å². The SMILES string of the molecule is NCCC(=O)NC1CC=CC1. The Balaban J connectivity index is 2.15. The minimum atomic E-state index is 0.0706. The normalized spacial score (nSPS) is 17.2. The first-order valence-electron chi connectivity index (χ1n) is 3.97. The van der Waals surface area contributed by atoms with Crippen LogP contribution in [0.1, 0.15) is 19.3 Å². The van der Waals surface area contributed by atoms with Gasteiger partial charge in [-0.2, -0.15) is 0 Å². The Morgan fingerprint density at radius 3 is 2.73 bits per heavy atom. The minimum absolute atomic E-state index is 0.0706. The summed E-state index contributed by atoms with van der Waals surface area (Å²) in [5, 5.41) is 2.90. The lowest BCUT2D eigenvalue weighted by atomic mass is 10.2. The summed E-state index contributed by atoms with van der Waals surface area (Å²) in [7, 11) is 0. The summed E-state index contributed by atoms with van der Waals surface area (Å²) in [6, 6.07) is 0.328. The van der Waals surface area contributed by atoms with E-state index in [9.17, 15) is 4.79 Å². The largest absolute Gasteiger partial charge is 0.353 e. The third kappa shape index (κ3) is 2.72. The Morgan fingerprint density at radius 1 is 1.55 bits per heavy atom. The van der Waals surface area contributed by atoms with Gasteiger partial charge >= 0.3 is 0 Å². The van der Waals surface area contributed by atoms with Crippen LogP contribution in [0.4, 0.5) is 0 Å². The predicted octanol–water partition coefficient (Wildman–Crippen LogP) is 0.170. The molecule has 62 valence electrons. The molecule has 0 radical (unpaired) electrons. The molecule has 0 fully saturated rings. The van der Waals surface area contributed by atoms with Crippen LogP contribution >= 0.6 is 0 Å². The second kappa shape index (κ2) is 4.13. The van der Waals surface area contributed by atoms with Crippen molar-refractivity contribution in [2.24, 2.45) is 5.73 Å². The van der Waals surface area contributed by atoms with E-state index in [1.807, 2.05) is 0 Å². The molecule has 0 bridgehead atoms. The number of carbonyl (C=O) groups is 1. The Morgan fingerprint density at radius 2 is 2.18 bits per heavy atom. The van der Waals surface area contributed by atoms with Crippen LogP contribution in [0.5, 0.6) is 0 Å². The quantitative estimate of drug-likeness (QED) is 0.569. The molecule has 3 N–H and O–H groups in total. The van der Waals surface area contributed by atoms with Crippen LogP contribution in [0, 0.1) is 0 Å². The lowest BCUT2D eigenvalue weighted by molar-refractivity contribution is -0.121. The van der Waals surface area contributed by atoms with E-state index in [-0.39, 0.29) is 5.91 Å². The number of hydrogen-bond donors (Lipinski definition) is 2. The predicted molar refractivity (Wildman–Crippen MR) is 44.0 cm³/mol. The van der Waals surface area contributed by atoms with Crippen molar-refractivity contribution in [3.8, 4) is 0 Å². The van der Waals surface area contributed by atoms with E-state index in [1.165, 1.54) is 0 Å². The molecule has 3 nitrogen and oxygen atoms in total. The molecular formula is C8H14N2O. The van der Waals surface area contributed by atoms with Crippen molar-refractivity contribution in [1.29, 1.82) is 0 Å². The average molecular weight is 154 g/mol. The van der Waals surface area contributed by atoms with Crippen LogP contribution in [-0.2, 0) is 4.79 Å². The van der Waals surface area contributed by atoms with Crippen molar-refractivity contribution in [1.82, 2.24) is 5.32 Å². The minimum Gasteiger partial charge on any atom is -0.353 e. The van der Waals surface area contributed by atoms with Gasteiger partial charge in [-0.1, -0.05) is 12.2 Å². The van der Waals surface area contributed by atoms with Crippen molar-refractivity contribution >= 4 is 5.91 Å². The summed E-state index contributed by atoms with van der Waals surface area (Å²) in [6.07, 6.45) is 6.56. The lowest BCUT2D eigenvalue weighted by Gasteiger charge is -2.10. The van der Waals surface area contributed by atoms with Gasteiger partial charge in [0.05, 0.1) is 0 Å². The highest BCUT2D eigenvalue weighted by Gasteiger charge is 2.11. The molecule has 0 spiro atoms. The van der Waals surface area contributed by atoms with Gasteiger partial charge in [0, 0.05) is 19.0 Å². The van der Waals surface area contributed by atoms with Crippen molar-refractivity contribution in [3.63, 3.8) is 0 Å². The molecule has 0 unspecified atom stereocenters. The van der Waals surface area contributed by atoms with Gasteiger partial charge in [-0.3, -0.25) is 4.79 Å². The summed E-state index contributed by atoms with van der Waals surface area (Å²) in [6.45, 7) is 0.436. The van der Waals surface area contributed by atoms with E-state index < -0.39 is 0 Å². The summed E-state index contributed by atoms with van der Waals surface area (Å²) in [4.78, 5) is 11.0. The van der Waals surface area contributed by atoms with Crippen molar-refractivity contribution in [3.05, 3.63) is 12.2 Å². The maximum Gasteiger partial charge on any atom is 0.221 e. The average Bonchev–Trinajstić information content (AvgIpc) is 2.40. The van der Waals surface area contributed by atoms with Crippen LogP contribution in [0.15, 0.2) is 12.2 Å². The molecule has 3 heteroatoms. The molecule has 0 aromatic heterocycles. The number of carbonyl (C=O) groups excluding carboxylic acids is 1. The summed E-state index contributed by atoms with van der Waals surface area (Å²) < 4.78 is 0. The van der Waals surface area contributed by atoms with Crippen LogP contribution in [0.25, 0.3) is 0 Å². The zero-order valence-electron chi connectivity index (χ0n) is 6.55. The van der Waals surface area contributed by atoms with Gasteiger partial charge in [-0.05, 0) is 12.8 Å². The van der Waals surface area contributed by atoms with Crippen LogP contribution in [0.2, 0.25) is 0 Å². The number of amides is 1. The van der Waals surface area contributed by atoms with E-state index in [0.29, 0.717) is 19.0 Å². The van der Waals surface area contributed by atoms with Gasteiger partial charge in [0.25, 0.3) is 0 Å². The Hall–Kier alpha value is -0.830. The lowest BCUT2D eigenvalue weighted by Crippen LogP contribution is -2.33. The zero-order chi connectivity index (χ0) is 8.10. The maximum absolute atomic E-state index is 11.0. The molecule has 0 saturated carbocycles. The molecule has 0 atom stereocenters. The number of hydrogen-bond acceptors (Lipinski definition) is 2. The fraction of sp³-hybridized carbons (Fsp3) is 0.625. The number of nitrogens with two attached hydrogens (primary N) is 1. The highest BCUT2D eigenvalue weighted by Crippen LogP contribution is 2.08. The molecular weight excluding hydrogens is 140 g/mol. The monoisotopic (exact) mass is 154 g/mol. The molecule has 0 aromatic rings. The second-order valence-electron chi connectivity index (χ2n) is 2.75. The van der Waals surface area contributed by atoms with Gasteiger partial charge in [-0.25, -0.2) is 0 Å². The summed E-state index contributed by atoms with van der Waals surface area (Å²) in [5.74, 6) is 0.0706. The molecule has 0 aliphatic heterocycles. The maximum atomic E-state index is 11.0. The smallest absolute Gasteiger partial charge is 0.221 e. The first-order chi connectivity index (χ1) is 5.33. The first-order valence-corrected chi connectivity index (χ1v) is 3.97. The molecule has 0 saturated heterocycles. The fourth-order valence-corrected chi connectivity index (χ4v) is 1.17. The molecule has 1 aliphatic carbocycles. The van der Waals surface area contributed by atoms with E-state index in [4.69, 9.17) is 5.73 Å². The van der Waals surface area contributed by atoms with Crippen molar-refractivity contribution in [2.75, 3.05) is 6.54 Å². The molecule has 1 rings (SSSR count). The molecule has 1 amide bonds. The number of nitrogens with one attached hydrogen (secondary N) is 1. The third-order valence-electron chi connectivity index (χ3n) is 1.74. The van der Waals surface area contributed by atoms with E-state index in [2.05, 4.69) is 17.5 Å². The van der Waals surface area contributed by atoms with Gasteiger partial charge in [0.1, 0.15) is 0 Å². The van der Waals surface area contributed by atoms with Gasteiger partial charge in [-0.15, -0.1) is 0 Å². The zero-order valence-corrected chi connectivity index (χ0v) is 6.55. The number of rotatable bonds is 3. The highest BCUT2D eigenvalue weighted by atomic mass is 16.1. The third-order valence-corrected chi connectivity index (χ3v) is 1.74. The van der Waals surface area contributed by atoms with Crippen molar-refractivity contribution < 1.29 is 4.79 Å². The van der Waals surface area contributed by atoms with E-state index in [1.54, 1.807) is 0 Å². The van der Waals surface area contributed by atoms with Gasteiger partial charge in [0.15, 0.2) is 0 Å². The molecule has 11 heavy (non-hydrogen) atoms. The van der Waals surface area contributed by atoms with E-state index in [0.717, 1.165) is 12.8 Å². The summed E-state index contributed by atoms with van der Waals surface area (Å²) >= 11 is 0. The molecule has 0 heterocycles. The van der Waals surface area contributed by atoms with E-state index >= 15 is 0 Å². The van der Waals surface area contributed by atoms with Gasteiger partial charge < -0.3 is 11.1 Å². The second-order valence-corrected chi connectivity index (χ2v) is 2.75. The Kier molecular flexibility index (Phi) is 3.11. The molecule has 1 aliphatic rings. The highest BCUT2D eigenvalue weighted by molar-refractivity contribution is 5.76.